The largest absolute Gasteiger partial charge is 0.459 e. The summed E-state index contributed by atoms with van der Waals surface area (Å²) in [6.07, 6.45) is 2.64. The summed E-state index contributed by atoms with van der Waals surface area (Å²) in [7, 11) is 0. The molecular weight excluding hydrogens is 260 g/mol. The van der Waals surface area contributed by atoms with Crippen LogP contribution in [0.3, 0.4) is 0 Å². The van der Waals surface area contributed by atoms with E-state index in [-0.39, 0.29) is 0 Å². The van der Waals surface area contributed by atoms with Gasteiger partial charge in [0.15, 0.2) is 0 Å². The molecule has 0 unspecified atom stereocenters. The average Bonchev–Trinajstić information content (AvgIpc) is 3.07. The van der Waals surface area contributed by atoms with Crippen molar-refractivity contribution in [1.82, 2.24) is 10.2 Å². The molecule has 3 rings (SSSR count). The summed E-state index contributed by atoms with van der Waals surface area (Å²) in [5.74, 6) is 1.82. The molecule has 1 saturated heterocycles. The Bertz CT molecular complexity index is 582. The Hall–Kier alpha value is -1.32. The van der Waals surface area contributed by atoms with E-state index in [1.54, 1.807) is 0 Å². The van der Waals surface area contributed by atoms with Gasteiger partial charge in [0.25, 0.3) is 0 Å². The lowest BCUT2D eigenvalue weighted by atomic mass is 10.1. The summed E-state index contributed by atoms with van der Waals surface area (Å²) in [5, 5.41) is 4.83. The van der Waals surface area contributed by atoms with Crippen LogP contribution in [-0.2, 0) is 13.1 Å². The van der Waals surface area contributed by atoms with E-state index in [9.17, 15) is 0 Å². The molecule has 0 amide bonds. The number of rotatable bonds is 6. The fraction of sp³-hybridized carbons (Fsp3) is 0.556. The van der Waals surface area contributed by atoms with Gasteiger partial charge < -0.3 is 9.73 Å². The van der Waals surface area contributed by atoms with E-state index >= 15 is 0 Å². The number of fused-ring (bicyclic) bond motifs is 1. The Morgan fingerprint density at radius 3 is 2.71 bits per heavy atom. The maximum Gasteiger partial charge on any atom is 0.134 e. The summed E-state index contributed by atoms with van der Waals surface area (Å²) < 4.78 is 6.14. The van der Waals surface area contributed by atoms with Gasteiger partial charge in [0.1, 0.15) is 11.3 Å². The standard InChI is InChI=1S/C18H26N2O/c1-14(2)11-19-12-16-15-7-3-4-8-17(15)21-18(16)13-20-9-5-6-10-20/h3-4,7-8,14,19H,5-6,9-13H2,1-2H3. The summed E-state index contributed by atoms with van der Waals surface area (Å²) in [6, 6.07) is 8.41. The highest BCUT2D eigenvalue weighted by Gasteiger charge is 2.18. The van der Waals surface area contributed by atoms with Crippen molar-refractivity contribution >= 4 is 11.0 Å². The maximum atomic E-state index is 6.14. The van der Waals surface area contributed by atoms with Crippen LogP contribution in [0.15, 0.2) is 28.7 Å². The molecule has 0 radical (unpaired) electrons. The zero-order valence-electron chi connectivity index (χ0n) is 13.2. The third-order valence-electron chi connectivity index (χ3n) is 4.20. The predicted molar refractivity (Wildman–Crippen MR) is 87.3 cm³/mol. The van der Waals surface area contributed by atoms with Gasteiger partial charge >= 0.3 is 0 Å². The number of hydrogen-bond acceptors (Lipinski definition) is 3. The molecule has 0 bridgehead atoms. The molecule has 1 N–H and O–H groups in total. The van der Waals surface area contributed by atoms with Gasteiger partial charge in [-0.2, -0.15) is 0 Å². The molecule has 0 saturated carbocycles. The number of furan rings is 1. The molecule has 21 heavy (non-hydrogen) atoms. The molecule has 1 aromatic carbocycles. The molecule has 0 atom stereocenters. The lowest BCUT2D eigenvalue weighted by Gasteiger charge is -2.14. The molecule has 1 aliphatic heterocycles. The lowest BCUT2D eigenvalue weighted by molar-refractivity contribution is 0.299. The predicted octanol–water partition coefficient (Wildman–Crippen LogP) is 3.77. The van der Waals surface area contributed by atoms with E-state index in [2.05, 4.69) is 48.3 Å². The zero-order chi connectivity index (χ0) is 14.7. The van der Waals surface area contributed by atoms with Crippen LogP contribution in [0, 0.1) is 5.92 Å². The number of likely N-dealkylation sites (tertiary alicyclic amines) is 1. The monoisotopic (exact) mass is 286 g/mol. The van der Waals surface area contributed by atoms with Gasteiger partial charge in [-0.15, -0.1) is 0 Å². The van der Waals surface area contributed by atoms with E-state index in [4.69, 9.17) is 4.42 Å². The van der Waals surface area contributed by atoms with Crippen molar-refractivity contribution in [1.29, 1.82) is 0 Å². The number of nitrogens with one attached hydrogen (secondary N) is 1. The highest BCUT2D eigenvalue weighted by atomic mass is 16.3. The smallest absolute Gasteiger partial charge is 0.134 e. The van der Waals surface area contributed by atoms with Crippen LogP contribution >= 0.6 is 0 Å². The van der Waals surface area contributed by atoms with Gasteiger partial charge in [-0.05, 0) is 44.5 Å². The third-order valence-corrected chi connectivity index (χ3v) is 4.20. The third kappa shape index (κ3) is 3.47. The molecule has 0 spiro atoms. The molecule has 3 nitrogen and oxygen atoms in total. The van der Waals surface area contributed by atoms with Crippen LogP contribution in [-0.4, -0.2) is 24.5 Å². The molecule has 3 heteroatoms. The number of hydrogen-bond donors (Lipinski definition) is 1. The second kappa shape index (κ2) is 6.63. The van der Waals surface area contributed by atoms with Gasteiger partial charge in [-0.25, -0.2) is 0 Å². The van der Waals surface area contributed by atoms with Crippen LogP contribution in [0.25, 0.3) is 11.0 Å². The molecule has 1 fully saturated rings. The van der Waals surface area contributed by atoms with Gasteiger partial charge in [0, 0.05) is 17.5 Å². The van der Waals surface area contributed by atoms with Crippen LogP contribution in [0.2, 0.25) is 0 Å². The summed E-state index contributed by atoms with van der Waals surface area (Å²) in [6.45, 7) is 9.79. The number of benzene rings is 1. The first-order valence-corrected chi connectivity index (χ1v) is 8.16. The van der Waals surface area contributed by atoms with Crippen molar-refractivity contribution in [2.45, 2.75) is 39.8 Å². The maximum absolute atomic E-state index is 6.14. The normalized spacial score (nSPS) is 16.3. The zero-order valence-corrected chi connectivity index (χ0v) is 13.2. The first kappa shape index (κ1) is 14.6. The topological polar surface area (TPSA) is 28.4 Å². The SMILES string of the molecule is CC(C)CNCc1c(CN2CCCC2)oc2ccccc12. The quantitative estimate of drug-likeness (QED) is 0.876. The molecule has 2 aromatic rings. The minimum Gasteiger partial charge on any atom is -0.459 e. The Labute approximate surface area is 127 Å². The number of nitrogens with zero attached hydrogens (tertiary/aromatic N) is 1. The van der Waals surface area contributed by atoms with Crippen LogP contribution in [0.5, 0.6) is 0 Å². The summed E-state index contributed by atoms with van der Waals surface area (Å²) in [4.78, 5) is 2.50. The van der Waals surface area contributed by atoms with E-state index in [0.717, 1.165) is 31.0 Å². The molecule has 0 aliphatic carbocycles. The minimum absolute atomic E-state index is 0.671. The fourth-order valence-corrected chi connectivity index (χ4v) is 3.10. The van der Waals surface area contributed by atoms with Crippen molar-refractivity contribution < 1.29 is 4.42 Å². The Morgan fingerprint density at radius 1 is 1.19 bits per heavy atom. The molecular formula is C18H26N2O. The molecule has 1 aliphatic rings. The van der Waals surface area contributed by atoms with Crippen LogP contribution < -0.4 is 5.32 Å². The lowest BCUT2D eigenvalue weighted by Crippen LogP contribution is -2.22. The number of para-hydroxylation sites is 1. The van der Waals surface area contributed by atoms with E-state index in [1.807, 2.05) is 0 Å². The highest BCUT2D eigenvalue weighted by Crippen LogP contribution is 2.27. The van der Waals surface area contributed by atoms with Gasteiger partial charge in [0.05, 0.1) is 6.54 Å². The van der Waals surface area contributed by atoms with E-state index < -0.39 is 0 Å². The van der Waals surface area contributed by atoms with Crippen molar-refractivity contribution in [2.24, 2.45) is 5.92 Å². The first-order valence-electron chi connectivity index (χ1n) is 8.16. The molecule has 114 valence electrons. The van der Waals surface area contributed by atoms with Crippen LogP contribution in [0.1, 0.15) is 38.0 Å². The second-order valence-corrected chi connectivity index (χ2v) is 6.51. The molecule has 2 heterocycles. The van der Waals surface area contributed by atoms with Crippen molar-refractivity contribution in [3.8, 4) is 0 Å². The summed E-state index contributed by atoms with van der Waals surface area (Å²) in [5.41, 5.74) is 2.37. The fourth-order valence-electron chi connectivity index (χ4n) is 3.10. The Kier molecular flexibility index (Phi) is 4.61. The van der Waals surface area contributed by atoms with Gasteiger partial charge in [-0.1, -0.05) is 32.0 Å². The average molecular weight is 286 g/mol. The Balaban J connectivity index is 1.82. The summed E-state index contributed by atoms with van der Waals surface area (Å²) >= 11 is 0. The molecule has 1 aromatic heterocycles. The highest BCUT2D eigenvalue weighted by molar-refractivity contribution is 5.82. The van der Waals surface area contributed by atoms with Crippen molar-refractivity contribution in [2.75, 3.05) is 19.6 Å². The van der Waals surface area contributed by atoms with E-state index in [1.165, 1.54) is 36.9 Å². The minimum atomic E-state index is 0.671. The second-order valence-electron chi connectivity index (χ2n) is 6.51. The van der Waals surface area contributed by atoms with E-state index in [0.29, 0.717) is 5.92 Å². The van der Waals surface area contributed by atoms with Crippen LogP contribution in [0.4, 0.5) is 0 Å². The van der Waals surface area contributed by atoms with Gasteiger partial charge in [-0.3, -0.25) is 4.90 Å². The first-order chi connectivity index (χ1) is 10.2. The van der Waals surface area contributed by atoms with Gasteiger partial charge in [0.2, 0.25) is 0 Å². The van der Waals surface area contributed by atoms with Crippen molar-refractivity contribution in [3.05, 3.63) is 35.6 Å². The Morgan fingerprint density at radius 2 is 1.95 bits per heavy atom. The van der Waals surface area contributed by atoms with Crippen molar-refractivity contribution in [3.63, 3.8) is 0 Å².